The average Bonchev–Trinajstić information content (AvgIpc) is 0.713. The summed E-state index contributed by atoms with van der Waals surface area (Å²) in [6.45, 7) is -0.885. The van der Waals surface area contributed by atoms with Crippen LogP contribution in [0.5, 0.6) is 0 Å². The molecule has 3 aliphatic rings. The van der Waals surface area contributed by atoms with Crippen LogP contribution >= 0.6 is 0 Å². The van der Waals surface area contributed by atoms with Gasteiger partial charge in [-0.05, 0) is 231 Å². The minimum Gasteiger partial charge on any atom is -0.310 e. The Balaban J connectivity index is 0.855. The van der Waals surface area contributed by atoms with Gasteiger partial charge in [-0.2, -0.15) is 0 Å². The smallest absolute Gasteiger partial charge is 0.252 e. The third kappa shape index (κ3) is 10.3. The fourth-order valence-corrected chi connectivity index (χ4v) is 22.1. The molecule has 128 heavy (non-hydrogen) atoms. The van der Waals surface area contributed by atoms with E-state index in [4.69, 9.17) is 0 Å². The van der Waals surface area contributed by atoms with Crippen molar-refractivity contribution in [2.75, 3.05) is 9.80 Å². The summed E-state index contributed by atoms with van der Waals surface area (Å²) in [5, 5.41) is 16.0. The normalized spacial score (nSPS) is 14.5. The zero-order chi connectivity index (χ0) is 97.4. The summed E-state index contributed by atoms with van der Waals surface area (Å²) in [6.07, 6.45) is 0.703. The first kappa shape index (κ1) is 57.0. The summed E-state index contributed by atoms with van der Waals surface area (Å²) in [5.74, 6) is 0. The Morgan fingerprint density at radius 3 is 0.922 bits per heavy atom. The van der Waals surface area contributed by atoms with Crippen LogP contribution in [0.4, 0.5) is 34.1 Å². The van der Waals surface area contributed by atoms with Gasteiger partial charge in [0, 0.05) is 77.9 Å². The molecule has 1 aliphatic carbocycles. The number of anilines is 6. The lowest BCUT2D eigenvalue weighted by atomic mass is 9.33. The summed E-state index contributed by atoms with van der Waals surface area (Å²) in [6, 6.07) is 114. The number of nitrogens with zero attached hydrogens (tertiary/aromatic N) is 4. The topological polar surface area (TPSA) is 16.3 Å². The maximum Gasteiger partial charge on any atom is 0.252 e. The van der Waals surface area contributed by atoms with Crippen molar-refractivity contribution in [1.29, 1.82) is 0 Å². The monoisotopic (exact) mass is 1630 g/mol. The van der Waals surface area contributed by atoms with E-state index in [1.54, 1.807) is 9.13 Å². The van der Waals surface area contributed by atoms with Crippen LogP contribution in [0.2, 0.25) is 0 Å². The lowest BCUT2D eigenvalue weighted by Gasteiger charge is -2.46. The van der Waals surface area contributed by atoms with E-state index in [1.165, 1.54) is 5.56 Å². The molecule has 2 aromatic heterocycles. The summed E-state index contributed by atoms with van der Waals surface area (Å²) >= 11 is 0. The van der Waals surface area contributed by atoms with Gasteiger partial charge in [0.1, 0.15) is 0 Å². The van der Waals surface area contributed by atoms with Crippen LogP contribution in [-0.2, 0) is 6.42 Å². The van der Waals surface area contributed by atoms with E-state index in [-0.39, 0.29) is 55.0 Å². The highest BCUT2D eigenvalue weighted by molar-refractivity contribution is 7.00. The Bertz CT molecular complexity index is 9280. The van der Waals surface area contributed by atoms with Gasteiger partial charge in [0.25, 0.3) is 6.71 Å². The van der Waals surface area contributed by atoms with Crippen molar-refractivity contribution >= 4 is 187 Å². The molecule has 0 amide bonds. The molecule has 4 heterocycles. The molecule has 0 N–H and O–H groups in total. The maximum absolute atomic E-state index is 10.2. The van der Waals surface area contributed by atoms with E-state index in [0.29, 0.717) is 40.1 Å². The summed E-state index contributed by atoms with van der Waals surface area (Å²) in [7, 11) is 0. The Morgan fingerprint density at radius 2 is 0.531 bits per heavy atom. The lowest BCUT2D eigenvalue weighted by Crippen LogP contribution is -2.61. The second-order valence-corrected chi connectivity index (χ2v) is 33.9. The standard InChI is InChI=1S/C123H75BN4/c1-6-30-85-75(25-1)57-63-98-90(85)39-19-43-94(98)106-47-23-48-107(95-44-20-40-91-86-31-7-2-26-76(86)58-64-99(91)95)122(106)127-117-73-83(125-113-51-15-11-35-102(113)103-36-12-16-52-114(103)125)61-67-111(117)124-112-68-62-84(126-115-53-17-13-37-104(115)105-38-14-18-54-116(105)126)74-118(112)128(120-72-82(71-119(127)121(120)124)79-55-56-81-69-80-29-5-10-34-89(80)110(81)70-79)123-108(96-45-21-41-92-87-32-8-3-27-77(87)59-65-100(92)96)49-24-50-109(123)97-46-22-42-93-88-33-9-4-28-78(88)60-66-101(93)97/h1-68,70-74H,69H2/i11D,12D,13D,14D,15D,16D,17D,18D,35D,36D,37D,38D,51D,52D,53D,54D. The molecule has 0 bridgehead atoms. The molecule has 0 fully saturated rings. The third-order valence-electron chi connectivity index (χ3n) is 27.6. The molecule has 2 aliphatic heterocycles. The van der Waals surface area contributed by atoms with Crippen molar-refractivity contribution in [3.8, 4) is 78.1 Å². The molecule has 0 saturated heterocycles. The van der Waals surface area contributed by atoms with Crippen molar-refractivity contribution in [3.05, 3.63) is 454 Å². The van der Waals surface area contributed by atoms with Gasteiger partial charge in [-0.15, -0.1) is 0 Å². The van der Waals surface area contributed by atoms with Gasteiger partial charge in [-0.1, -0.05) is 376 Å². The van der Waals surface area contributed by atoms with Crippen molar-refractivity contribution in [1.82, 2.24) is 9.13 Å². The van der Waals surface area contributed by atoms with Crippen LogP contribution in [0.25, 0.3) is 208 Å². The second-order valence-electron chi connectivity index (χ2n) is 33.9. The van der Waals surface area contributed by atoms with Gasteiger partial charge in [-0.25, -0.2) is 0 Å². The fraction of sp³-hybridized carbons (Fsp3) is 0.00813. The molecule has 0 radical (unpaired) electrons. The van der Waals surface area contributed by atoms with E-state index in [2.05, 4.69) is 331 Å². The number of fused-ring (bicyclic) bond motifs is 25. The van der Waals surface area contributed by atoms with Crippen LogP contribution < -0.4 is 26.2 Å². The van der Waals surface area contributed by atoms with Gasteiger partial charge in [0.05, 0.1) is 55.4 Å². The number of benzene rings is 23. The number of hydrogen-bond acceptors (Lipinski definition) is 2. The molecule has 23 aromatic carbocycles. The zero-order valence-electron chi connectivity index (χ0n) is 84.5. The number of aromatic nitrogens is 2. The fourth-order valence-electron chi connectivity index (χ4n) is 22.1. The number of para-hydroxylation sites is 6. The summed E-state index contributed by atoms with van der Waals surface area (Å²) in [5.41, 5.74) is 19.4. The van der Waals surface area contributed by atoms with E-state index in [0.717, 1.165) is 175 Å². The Hall–Kier alpha value is -16.6. The number of rotatable bonds is 9. The SMILES string of the molecule is [2H]c1c([2H])c([2H])c2c(c1[2H])c1c([2H])c([2H])c([2H])c([2H])c1n2-c1ccc2c(c1)N(c1c(-c3cccc4c3ccc3ccccc34)cccc1-c1cccc3c1ccc1ccccc13)c1cc(-c3ccc4c(c3)-c3ccccc3C4)cc3c1B2c1ccc(-n2c4c([2H])c([2H])c([2H])c([2H])c4c4c([2H])c([2H])c([2H])c([2H])c42)cc1N3c1c(-c2cccc3c2ccc2ccccc23)cccc1-c1cccc2c1ccc1ccccc12. The third-order valence-corrected chi connectivity index (χ3v) is 27.6. The molecule has 25 aromatic rings. The Kier molecular flexibility index (Phi) is 12.2. The van der Waals surface area contributed by atoms with Crippen LogP contribution in [0.3, 0.4) is 0 Å². The highest BCUT2D eigenvalue weighted by atomic mass is 15.2. The van der Waals surface area contributed by atoms with Crippen molar-refractivity contribution in [2.24, 2.45) is 0 Å². The predicted molar refractivity (Wildman–Crippen MR) is 545 cm³/mol. The quantitative estimate of drug-likeness (QED) is 0.106. The van der Waals surface area contributed by atoms with Crippen molar-refractivity contribution in [2.45, 2.75) is 6.42 Å². The highest BCUT2D eigenvalue weighted by Crippen LogP contribution is 2.58. The first-order valence-corrected chi connectivity index (χ1v) is 43.4. The average molecular weight is 1640 g/mol. The molecule has 4 nitrogen and oxygen atoms in total. The van der Waals surface area contributed by atoms with Crippen molar-refractivity contribution in [3.63, 3.8) is 0 Å². The molecule has 0 spiro atoms. The molecule has 0 unspecified atom stereocenters. The van der Waals surface area contributed by atoms with E-state index >= 15 is 0 Å². The molecule has 5 heteroatoms. The van der Waals surface area contributed by atoms with Gasteiger partial charge in [-0.3, -0.25) is 0 Å². The first-order valence-electron chi connectivity index (χ1n) is 51.4. The Morgan fingerprint density at radius 1 is 0.211 bits per heavy atom. The van der Waals surface area contributed by atoms with E-state index in [1.807, 2.05) is 24.3 Å². The first-order chi connectivity index (χ1) is 70.2. The predicted octanol–water partition coefficient (Wildman–Crippen LogP) is 31.1. The molecular weight excluding hydrogens is 1540 g/mol. The molecule has 28 rings (SSSR count). The van der Waals surface area contributed by atoms with E-state index in [9.17, 15) is 21.9 Å². The molecular formula is C123H75BN4. The second kappa shape index (κ2) is 27.5. The lowest BCUT2D eigenvalue weighted by molar-refractivity contribution is 1.17. The van der Waals surface area contributed by atoms with Crippen LogP contribution in [-0.4, -0.2) is 15.8 Å². The van der Waals surface area contributed by atoms with Gasteiger partial charge < -0.3 is 18.9 Å². The van der Waals surface area contributed by atoms with Gasteiger partial charge in [0.2, 0.25) is 0 Å². The van der Waals surface area contributed by atoms with Gasteiger partial charge in [0.15, 0.2) is 0 Å². The van der Waals surface area contributed by atoms with E-state index < -0.39 is 103 Å². The minimum absolute atomic E-state index is 0.0697. The summed E-state index contributed by atoms with van der Waals surface area (Å²) < 4.78 is 159. The zero-order valence-corrected chi connectivity index (χ0v) is 68.5. The molecule has 0 saturated carbocycles. The minimum atomic E-state index is -0.885. The molecule has 0 atom stereocenters. The Labute approximate surface area is 761 Å². The van der Waals surface area contributed by atoms with Crippen LogP contribution in [0.1, 0.15) is 33.1 Å². The van der Waals surface area contributed by atoms with Crippen molar-refractivity contribution < 1.29 is 21.9 Å². The largest absolute Gasteiger partial charge is 0.310 e. The number of hydrogen-bond donors (Lipinski definition) is 0. The summed E-state index contributed by atoms with van der Waals surface area (Å²) in [4.78, 5) is 4.80. The molecule has 590 valence electrons. The van der Waals surface area contributed by atoms with Crippen LogP contribution in [0.15, 0.2) is 442 Å². The maximum atomic E-state index is 10.2. The van der Waals surface area contributed by atoms with Gasteiger partial charge >= 0.3 is 0 Å². The highest BCUT2D eigenvalue weighted by Gasteiger charge is 2.46. The van der Waals surface area contributed by atoms with Crippen LogP contribution in [0, 0.1) is 0 Å².